The van der Waals surface area contributed by atoms with Crippen LogP contribution in [0.1, 0.15) is 13.3 Å². The minimum atomic E-state index is 0.144. The van der Waals surface area contributed by atoms with Gasteiger partial charge in [0.05, 0.1) is 30.8 Å². The second-order valence-corrected chi connectivity index (χ2v) is 8.44. The summed E-state index contributed by atoms with van der Waals surface area (Å²) in [5.41, 5.74) is 1.49. The Morgan fingerprint density at radius 3 is 2.74 bits per heavy atom. The molecule has 1 aliphatic rings. The van der Waals surface area contributed by atoms with E-state index < -0.39 is 0 Å². The van der Waals surface area contributed by atoms with E-state index in [0.29, 0.717) is 35.3 Å². The van der Waals surface area contributed by atoms with E-state index >= 15 is 0 Å². The molecule has 3 aromatic heterocycles. The average molecular weight is 477 g/mol. The zero-order chi connectivity index (χ0) is 24.2. The van der Waals surface area contributed by atoms with Crippen molar-refractivity contribution in [3.05, 3.63) is 43.0 Å². The molecule has 0 saturated carbocycles. The van der Waals surface area contributed by atoms with Crippen LogP contribution >= 0.6 is 0 Å². The predicted octanol–water partition coefficient (Wildman–Crippen LogP) is 3.24. The van der Waals surface area contributed by atoms with Gasteiger partial charge in [-0.25, -0.2) is 15.0 Å². The predicted molar refractivity (Wildman–Crippen MR) is 131 cm³/mol. The van der Waals surface area contributed by atoms with Crippen molar-refractivity contribution in [2.75, 3.05) is 46.4 Å². The van der Waals surface area contributed by atoms with Crippen molar-refractivity contribution in [3.8, 4) is 23.1 Å². The first-order valence-corrected chi connectivity index (χ1v) is 11.6. The largest absolute Gasteiger partial charge is 0.493 e. The molecule has 1 saturated heterocycles. The van der Waals surface area contributed by atoms with Gasteiger partial charge < -0.3 is 24.1 Å². The summed E-state index contributed by atoms with van der Waals surface area (Å²) in [7, 11) is 1.61. The number of hydrogen-bond acceptors (Lipinski definition) is 8. The molecule has 0 aliphatic carbocycles. The number of nitrogens with zero attached hydrogens (tertiary/aromatic N) is 5. The Bertz CT molecular complexity index is 1330. The Morgan fingerprint density at radius 2 is 1.94 bits per heavy atom. The molecule has 35 heavy (non-hydrogen) atoms. The third-order valence-electron chi connectivity index (χ3n) is 6.17. The normalized spacial score (nSPS) is 14.4. The van der Waals surface area contributed by atoms with E-state index in [9.17, 15) is 4.79 Å². The highest BCUT2D eigenvalue weighted by molar-refractivity contribution is 5.87. The zero-order valence-corrected chi connectivity index (χ0v) is 19.9. The number of aromatic nitrogens is 4. The van der Waals surface area contributed by atoms with Gasteiger partial charge in [0.1, 0.15) is 17.7 Å². The maximum atomic E-state index is 11.5. The fourth-order valence-electron chi connectivity index (χ4n) is 4.24. The number of aromatic amines is 1. The molecular weight excluding hydrogens is 448 g/mol. The van der Waals surface area contributed by atoms with Gasteiger partial charge in [-0.15, -0.1) is 0 Å². The topological polar surface area (TPSA) is 106 Å². The van der Waals surface area contributed by atoms with E-state index in [0.717, 1.165) is 55.6 Å². The second kappa shape index (κ2) is 10.1. The summed E-state index contributed by atoms with van der Waals surface area (Å²) in [6.07, 6.45) is 5.82. The highest BCUT2D eigenvalue weighted by Crippen LogP contribution is 2.36. The minimum absolute atomic E-state index is 0.144. The number of amides is 1. The lowest BCUT2D eigenvalue weighted by Crippen LogP contribution is -2.48. The molecule has 0 atom stereocenters. The van der Waals surface area contributed by atoms with Crippen molar-refractivity contribution in [2.24, 2.45) is 0 Å². The van der Waals surface area contributed by atoms with E-state index in [4.69, 9.17) is 14.2 Å². The lowest BCUT2D eigenvalue weighted by atomic mass is 10.2. The second-order valence-electron chi connectivity index (χ2n) is 8.44. The number of H-pyrrole nitrogens is 1. The number of methoxy groups -OCH3 is 1. The van der Waals surface area contributed by atoms with Gasteiger partial charge in [-0.1, -0.05) is 0 Å². The molecule has 4 aromatic rings. The maximum Gasteiger partial charge on any atom is 0.230 e. The number of hydrogen-bond donors (Lipinski definition) is 1. The molecule has 5 rings (SSSR count). The molecule has 10 nitrogen and oxygen atoms in total. The van der Waals surface area contributed by atoms with Crippen LogP contribution in [0.4, 0.5) is 0 Å². The molecule has 10 heteroatoms. The van der Waals surface area contributed by atoms with Crippen LogP contribution in [0.2, 0.25) is 0 Å². The highest BCUT2D eigenvalue weighted by Gasteiger charge is 2.18. The van der Waals surface area contributed by atoms with Gasteiger partial charge in [-0.2, -0.15) is 0 Å². The summed E-state index contributed by atoms with van der Waals surface area (Å²) < 4.78 is 17.7. The minimum Gasteiger partial charge on any atom is -0.493 e. The van der Waals surface area contributed by atoms with E-state index in [2.05, 4.69) is 24.8 Å². The number of carbonyl (C=O) groups excluding carboxylic acids is 1. The highest BCUT2D eigenvalue weighted by atomic mass is 16.5. The number of benzene rings is 1. The van der Waals surface area contributed by atoms with Crippen LogP contribution < -0.4 is 14.2 Å². The number of carbonyl (C=O) groups is 1. The standard InChI is InChI=1S/C25H28N6O4/c1-17(32)31-9-7-30(8-10-31)6-3-11-34-23-13-20-21(14-22(23)33-2)28-16-29-25(20)35-19-12-18-4-5-26-24(18)27-15-19/h4-5,12-16H,3,6-11H2,1-2H3,(H,26,27). The molecule has 1 amide bonds. The number of pyridine rings is 1. The SMILES string of the molecule is COc1cc2ncnc(Oc3cnc4[nH]ccc4c3)c2cc1OCCCN1CCN(C(C)=O)CC1. The Labute approximate surface area is 202 Å². The molecular formula is C25H28N6O4. The van der Waals surface area contributed by atoms with Gasteiger partial charge in [0.25, 0.3) is 0 Å². The first-order valence-electron chi connectivity index (χ1n) is 11.6. The summed E-state index contributed by atoms with van der Waals surface area (Å²) in [5.74, 6) is 2.36. The summed E-state index contributed by atoms with van der Waals surface area (Å²) in [6.45, 7) is 6.41. The van der Waals surface area contributed by atoms with Crippen LogP contribution in [0.3, 0.4) is 0 Å². The molecule has 0 spiro atoms. The smallest absolute Gasteiger partial charge is 0.230 e. The van der Waals surface area contributed by atoms with Gasteiger partial charge in [0, 0.05) is 57.3 Å². The maximum absolute atomic E-state index is 11.5. The van der Waals surface area contributed by atoms with Crippen molar-refractivity contribution in [1.29, 1.82) is 0 Å². The summed E-state index contributed by atoms with van der Waals surface area (Å²) in [5, 5.41) is 1.67. The lowest BCUT2D eigenvalue weighted by Gasteiger charge is -2.34. The summed E-state index contributed by atoms with van der Waals surface area (Å²) in [4.78, 5) is 31.9. The monoisotopic (exact) mass is 476 g/mol. The molecule has 0 bridgehead atoms. The fraction of sp³-hybridized carbons (Fsp3) is 0.360. The van der Waals surface area contributed by atoms with Gasteiger partial charge in [0.15, 0.2) is 11.5 Å². The third-order valence-corrected chi connectivity index (χ3v) is 6.17. The van der Waals surface area contributed by atoms with Crippen molar-refractivity contribution in [3.63, 3.8) is 0 Å². The van der Waals surface area contributed by atoms with Gasteiger partial charge in [-0.05, 0) is 24.6 Å². The third kappa shape index (κ3) is 5.12. The quantitative estimate of drug-likeness (QED) is 0.387. The number of rotatable bonds is 8. The first kappa shape index (κ1) is 22.9. The molecule has 4 heterocycles. The van der Waals surface area contributed by atoms with Gasteiger partial charge >= 0.3 is 0 Å². The molecule has 182 valence electrons. The van der Waals surface area contributed by atoms with Gasteiger partial charge in [-0.3, -0.25) is 9.69 Å². The number of nitrogens with one attached hydrogen (secondary N) is 1. The van der Waals surface area contributed by atoms with Gasteiger partial charge in [0.2, 0.25) is 11.8 Å². The molecule has 1 aromatic carbocycles. The van der Waals surface area contributed by atoms with Crippen LogP contribution in [0.25, 0.3) is 21.9 Å². The Morgan fingerprint density at radius 1 is 1.09 bits per heavy atom. The van der Waals surface area contributed by atoms with Crippen LogP contribution in [0.5, 0.6) is 23.1 Å². The Hall–Kier alpha value is -3.92. The van der Waals surface area contributed by atoms with E-state index in [1.807, 2.05) is 35.4 Å². The van der Waals surface area contributed by atoms with E-state index in [1.54, 1.807) is 20.2 Å². The molecule has 1 N–H and O–H groups in total. The van der Waals surface area contributed by atoms with E-state index in [1.165, 1.54) is 6.33 Å². The summed E-state index contributed by atoms with van der Waals surface area (Å²) in [6, 6.07) is 7.53. The fourth-order valence-corrected chi connectivity index (χ4v) is 4.24. The molecule has 0 unspecified atom stereocenters. The van der Waals surface area contributed by atoms with Crippen LogP contribution in [-0.4, -0.2) is 82.1 Å². The number of piperazine rings is 1. The van der Waals surface area contributed by atoms with Crippen molar-refractivity contribution < 1.29 is 19.0 Å². The number of ether oxygens (including phenoxy) is 3. The van der Waals surface area contributed by atoms with Crippen molar-refractivity contribution in [2.45, 2.75) is 13.3 Å². The van der Waals surface area contributed by atoms with E-state index in [-0.39, 0.29) is 5.91 Å². The Balaban J connectivity index is 1.27. The molecule has 1 aliphatic heterocycles. The zero-order valence-electron chi connectivity index (χ0n) is 19.9. The first-order chi connectivity index (χ1) is 17.1. The van der Waals surface area contributed by atoms with Crippen LogP contribution in [-0.2, 0) is 4.79 Å². The Kier molecular flexibility index (Phi) is 6.62. The lowest BCUT2D eigenvalue weighted by molar-refractivity contribution is -0.130. The van der Waals surface area contributed by atoms with Crippen molar-refractivity contribution in [1.82, 2.24) is 29.7 Å². The van der Waals surface area contributed by atoms with Crippen molar-refractivity contribution >= 4 is 27.8 Å². The molecule has 1 fully saturated rings. The summed E-state index contributed by atoms with van der Waals surface area (Å²) >= 11 is 0. The molecule has 0 radical (unpaired) electrons. The van der Waals surface area contributed by atoms with Crippen LogP contribution in [0, 0.1) is 0 Å². The average Bonchev–Trinajstić information content (AvgIpc) is 3.35. The number of fused-ring (bicyclic) bond motifs is 2. The van der Waals surface area contributed by atoms with Crippen LogP contribution in [0.15, 0.2) is 43.0 Å².